The van der Waals surface area contributed by atoms with E-state index in [1.165, 1.54) is 5.56 Å². The maximum Gasteiger partial charge on any atom is 0.261 e. The molecule has 0 spiro atoms. The van der Waals surface area contributed by atoms with Crippen LogP contribution in [-0.4, -0.2) is 35.9 Å². The zero-order chi connectivity index (χ0) is 24.4. The fourth-order valence-corrected chi connectivity index (χ4v) is 3.68. The Morgan fingerprint density at radius 1 is 1.03 bits per heavy atom. The van der Waals surface area contributed by atoms with Gasteiger partial charge in [0.15, 0.2) is 6.61 Å². The summed E-state index contributed by atoms with van der Waals surface area (Å²) in [5.41, 5.74) is 3.38. The van der Waals surface area contributed by atoms with Crippen LogP contribution in [0.5, 0.6) is 5.75 Å². The van der Waals surface area contributed by atoms with Crippen molar-refractivity contribution in [3.05, 3.63) is 65.2 Å². The number of carbonyl (C=O) groups excluding carboxylic acids is 2. The second kappa shape index (κ2) is 12.4. The Morgan fingerprint density at radius 2 is 1.70 bits per heavy atom. The molecular formula is C28H40N2O3. The highest BCUT2D eigenvalue weighted by Gasteiger charge is 2.29. The molecule has 0 aliphatic rings. The summed E-state index contributed by atoms with van der Waals surface area (Å²) in [4.78, 5) is 27.9. The molecule has 180 valence electrons. The van der Waals surface area contributed by atoms with Crippen LogP contribution in [-0.2, 0) is 21.5 Å². The normalized spacial score (nSPS) is 12.2. The topological polar surface area (TPSA) is 58.6 Å². The Balaban J connectivity index is 2.17. The maximum absolute atomic E-state index is 13.3. The molecule has 1 N–H and O–H groups in total. The van der Waals surface area contributed by atoms with Gasteiger partial charge in [0.2, 0.25) is 5.91 Å². The number of hydrogen-bond acceptors (Lipinski definition) is 3. The van der Waals surface area contributed by atoms with E-state index in [-0.39, 0.29) is 23.8 Å². The van der Waals surface area contributed by atoms with Gasteiger partial charge in [0.25, 0.3) is 5.91 Å². The lowest BCUT2D eigenvalue weighted by molar-refractivity contribution is -0.143. The SMILES string of the molecule is CCCCNC(=O)[C@@H](CC)N(Cc1ccccc1C)C(=O)COc1ccc(C(C)(C)C)cc1. The number of nitrogens with zero attached hydrogens (tertiary/aromatic N) is 1. The molecule has 2 rings (SSSR count). The van der Waals surface area contributed by atoms with Gasteiger partial charge in [0, 0.05) is 13.1 Å². The van der Waals surface area contributed by atoms with Gasteiger partial charge >= 0.3 is 0 Å². The number of amides is 2. The summed E-state index contributed by atoms with van der Waals surface area (Å²) in [6.45, 7) is 13.4. The van der Waals surface area contributed by atoms with Gasteiger partial charge < -0.3 is 15.0 Å². The van der Waals surface area contributed by atoms with Crippen LogP contribution in [0.4, 0.5) is 0 Å². The van der Waals surface area contributed by atoms with Gasteiger partial charge in [-0.2, -0.15) is 0 Å². The van der Waals surface area contributed by atoms with Gasteiger partial charge in [0.05, 0.1) is 0 Å². The maximum atomic E-state index is 13.3. The van der Waals surface area contributed by atoms with Gasteiger partial charge in [-0.05, 0) is 54.0 Å². The number of ether oxygens (including phenoxy) is 1. The van der Waals surface area contributed by atoms with Crippen molar-refractivity contribution in [3.8, 4) is 5.75 Å². The van der Waals surface area contributed by atoms with Crippen molar-refractivity contribution in [2.75, 3.05) is 13.2 Å². The van der Waals surface area contributed by atoms with E-state index < -0.39 is 6.04 Å². The average Bonchev–Trinajstić information content (AvgIpc) is 2.78. The Hall–Kier alpha value is -2.82. The van der Waals surface area contributed by atoms with E-state index >= 15 is 0 Å². The fourth-order valence-electron chi connectivity index (χ4n) is 3.68. The number of rotatable bonds is 11. The summed E-state index contributed by atoms with van der Waals surface area (Å²) in [5, 5.41) is 2.99. The summed E-state index contributed by atoms with van der Waals surface area (Å²) < 4.78 is 5.83. The molecule has 1 atom stereocenters. The van der Waals surface area contributed by atoms with Gasteiger partial charge in [-0.3, -0.25) is 9.59 Å². The number of carbonyl (C=O) groups is 2. The minimum absolute atomic E-state index is 0.0537. The predicted octanol–water partition coefficient (Wildman–Crippen LogP) is 5.40. The minimum atomic E-state index is -0.541. The largest absolute Gasteiger partial charge is 0.484 e. The fraction of sp³-hybridized carbons (Fsp3) is 0.500. The van der Waals surface area contributed by atoms with Crippen LogP contribution in [0.3, 0.4) is 0 Å². The number of unbranched alkanes of at least 4 members (excludes halogenated alkanes) is 1. The second-order valence-electron chi connectivity index (χ2n) is 9.58. The van der Waals surface area contributed by atoms with Crippen LogP contribution in [0.25, 0.3) is 0 Å². The van der Waals surface area contributed by atoms with Crippen molar-refractivity contribution in [2.24, 2.45) is 0 Å². The first-order valence-corrected chi connectivity index (χ1v) is 12.0. The van der Waals surface area contributed by atoms with Crippen molar-refractivity contribution in [1.82, 2.24) is 10.2 Å². The average molecular weight is 453 g/mol. The summed E-state index contributed by atoms with van der Waals surface area (Å²) in [6, 6.07) is 15.3. The first-order valence-electron chi connectivity index (χ1n) is 12.0. The molecule has 0 aliphatic heterocycles. The lowest BCUT2D eigenvalue weighted by Gasteiger charge is -2.31. The van der Waals surface area contributed by atoms with Crippen LogP contribution in [0.1, 0.15) is 70.6 Å². The summed E-state index contributed by atoms with van der Waals surface area (Å²) in [7, 11) is 0. The first kappa shape index (κ1) is 26.4. The molecule has 0 saturated carbocycles. The van der Waals surface area contributed by atoms with Gasteiger partial charge in [-0.25, -0.2) is 0 Å². The van der Waals surface area contributed by atoms with Gasteiger partial charge in [-0.15, -0.1) is 0 Å². The minimum Gasteiger partial charge on any atom is -0.484 e. The van der Waals surface area contributed by atoms with Crippen molar-refractivity contribution >= 4 is 11.8 Å². The zero-order valence-electron chi connectivity index (χ0n) is 21.1. The highest BCUT2D eigenvalue weighted by molar-refractivity contribution is 5.88. The summed E-state index contributed by atoms with van der Waals surface area (Å²) >= 11 is 0. The molecule has 0 aliphatic carbocycles. The highest BCUT2D eigenvalue weighted by Crippen LogP contribution is 2.24. The molecular weight excluding hydrogens is 412 g/mol. The van der Waals surface area contributed by atoms with Crippen molar-refractivity contribution in [1.29, 1.82) is 0 Å². The summed E-state index contributed by atoms with van der Waals surface area (Å²) in [6.07, 6.45) is 2.46. The molecule has 0 heterocycles. The van der Waals surface area contributed by atoms with Crippen LogP contribution in [0.15, 0.2) is 48.5 Å². The monoisotopic (exact) mass is 452 g/mol. The number of benzene rings is 2. The van der Waals surface area contributed by atoms with Crippen LogP contribution in [0.2, 0.25) is 0 Å². The van der Waals surface area contributed by atoms with Crippen LogP contribution < -0.4 is 10.1 Å². The van der Waals surface area contributed by atoms with E-state index in [4.69, 9.17) is 4.74 Å². The summed E-state index contributed by atoms with van der Waals surface area (Å²) in [5.74, 6) is 0.339. The van der Waals surface area contributed by atoms with E-state index in [0.717, 1.165) is 24.0 Å². The lowest BCUT2D eigenvalue weighted by atomic mass is 9.87. The molecule has 33 heavy (non-hydrogen) atoms. The molecule has 5 heteroatoms. The quantitative estimate of drug-likeness (QED) is 0.465. The molecule has 5 nitrogen and oxygen atoms in total. The third kappa shape index (κ3) is 7.92. The molecule has 0 radical (unpaired) electrons. The van der Waals surface area contributed by atoms with Crippen molar-refractivity contribution < 1.29 is 14.3 Å². The number of hydrogen-bond donors (Lipinski definition) is 1. The third-order valence-electron chi connectivity index (χ3n) is 5.90. The van der Waals surface area contributed by atoms with Crippen LogP contribution in [0, 0.1) is 6.92 Å². The Bertz CT molecular complexity index is 900. The van der Waals surface area contributed by atoms with Gasteiger partial charge in [-0.1, -0.05) is 77.4 Å². The first-order chi connectivity index (χ1) is 15.7. The lowest BCUT2D eigenvalue weighted by Crippen LogP contribution is -2.50. The predicted molar refractivity (Wildman–Crippen MR) is 134 cm³/mol. The molecule has 0 saturated heterocycles. The molecule has 2 amide bonds. The number of nitrogens with one attached hydrogen (secondary N) is 1. The smallest absolute Gasteiger partial charge is 0.261 e. The zero-order valence-corrected chi connectivity index (χ0v) is 21.1. The molecule has 2 aromatic rings. The third-order valence-corrected chi connectivity index (χ3v) is 5.90. The Kier molecular flexibility index (Phi) is 9.95. The highest BCUT2D eigenvalue weighted by atomic mass is 16.5. The van der Waals surface area contributed by atoms with E-state index in [9.17, 15) is 9.59 Å². The van der Waals surface area contributed by atoms with Crippen LogP contribution >= 0.6 is 0 Å². The second-order valence-corrected chi connectivity index (χ2v) is 9.58. The molecule has 0 bridgehead atoms. The van der Waals surface area contributed by atoms with E-state index in [2.05, 4.69) is 33.0 Å². The molecule has 0 fully saturated rings. The van der Waals surface area contributed by atoms with Crippen molar-refractivity contribution in [2.45, 2.75) is 78.8 Å². The Labute approximate surface area is 199 Å². The van der Waals surface area contributed by atoms with E-state index in [1.807, 2.05) is 62.4 Å². The Morgan fingerprint density at radius 3 is 2.27 bits per heavy atom. The number of aryl methyl sites for hydroxylation is 1. The molecule has 0 aromatic heterocycles. The molecule has 2 aromatic carbocycles. The van der Waals surface area contributed by atoms with Gasteiger partial charge in [0.1, 0.15) is 11.8 Å². The molecule has 0 unspecified atom stereocenters. The van der Waals surface area contributed by atoms with Crippen molar-refractivity contribution in [3.63, 3.8) is 0 Å². The standard InChI is InChI=1S/C28H40N2O3/c1-7-9-18-29-27(32)25(8-2)30(19-22-13-11-10-12-21(22)3)26(31)20-33-24-16-14-23(15-17-24)28(4,5)6/h10-17,25H,7-9,18-20H2,1-6H3,(H,29,32)/t25-/m1/s1. The van der Waals surface area contributed by atoms with E-state index in [1.54, 1.807) is 4.90 Å². The van der Waals surface area contributed by atoms with E-state index in [0.29, 0.717) is 25.3 Å².